The summed E-state index contributed by atoms with van der Waals surface area (Å²) in [5.74, 6) is -0.998. The monoisotopic (exact) mass is 603 g/mol. The summed E-state index contributed by atoms with van der Waals surface area (Å²) in [7, 11) is -3.39. The third-order valence-electron chi connectivity index (χ3n) is 9.19. The molecule has 3 aromatic carbocycles. The fourth-order valence-electron chi connectivity index (χ4n) is 7.35. The first-order valence-corrected chi connectivity index (χ1v) is 17.5. The summed E-state index contributed by atoms with van der Waals surface area (Å²) in [4.78, 5) is 41.8. The van der Waals surface area contributed by atoms with Crippen LogP contribution in [0.4, 0.5) is 26.9 Å². The summed E-state index contributed by atoms with van der Waals surface area (Å²) < 4.78 is 22.2. The lowest BCUT2D eigenvalue weighted by molar-refractivity contribution is -0.385. The molecule has 0 unspecified atom stereocenters. The van der Waals surface area contributed by atoms with E-state index in [1.807, 2.05) is 48.5 Å². The number of carbonyl (C=O) groups is 2. The molecule has 3 aliphatic rings. The van der Waals surface area contributed by atoms with Gasteiger partial charge in [0.2, 0.25) is 14.3 Å². The first kappa shape index (κ1) is 29.2. The Kier molecular flexibility index (Phi) is 7.22. The highest BCUT2D eigenvalue weighted by Crippen LogP contribution is 2.60. The van der Waals surface area contributed by atoms with Crippen molar-refractivity contribution in [3.63, 3.8) is 0 Å². The fraction of sp³-hybridized carbons (Fsp3) is 0.375. The Hall–Kier alpha value is -3.93. The highest BCUT2D eigenvalue weighted by atomic mass is 28.4. The number of rotatable bonds is 7. The minimum absolute atomic E-state index is 0.0114. The van der Waals surface area contributed by atoms with E-state index in [0.717, 1.165) is 22.5 Å². The van der Waals surface area contributed by atoms with Crippen molar-refractivity contribution in [3.8, 4) is 0 Å². The van der Waals surface area contributed by atoms with E-state index in [-0.39, 0.29) is 31.2 Å². The van der Waals surface area contributed by atoms with Gasteiger partial charge in [-0.25, -0.2) is 0 Å². The molecule has 1 fully saturated rings. The standard InChI is InChI=1S/C32H34FN3O6Si/c1-20-30(43(2,3)33)28(16-17-37)42-32(20)25-18-24(36(40)41)13-14-27(25)34(31(32)39)19-21-8-11-23(12-9-21)35-26-7-5-4-6-22(26)10-15-29(35)38/h4-9,11-14,18,20,28,30,37H,10,15-17,19H2,1-3H3/t20-,28+,30-,32+/m1/s1. The summed E-state index contributed by atoms with van der Waals surface area (Å²) in [6, 6.07) is 19.5. The van der Waals surface area contributed by atoms with Crippen LogP contribution in [0, 0.1) is 16.0 Å². The molecule has 9 nitrogen and oxygen atoms in total. The molecule has 1 spiro atoms. The van der Waals surface area contributed by atoms with Crippen molar-refractivity contribution in [2.24, 2.45) is 5.92 Å². The minimum atomic E-state index is -3.39. The van der Waals surface area contributed by atoms with Gasteiger partial charge >= 0.3 is 0 Å². The summed E-state index contributed by atoms with van der Waals surface area (Å²) >= 11 is 0. The molecule has 1 saturated heterocycles. The molecule has 6 rings (SSSR count). The molecule has 4 atom stereocenters. The molecule has 3 aliphatic heterocycles. The molecular weight excluding hydrogens is 569 g/mol. The van der Waals surface area contributed by atoms with Gasteiger partial charge in [0.1, 0.15) is 0 Å². The summed E-state index contributed by atoms with van der Waals surface area (Å²) in [5, 5.41) is 21.5. The number of carbonyl (C=O) groups excluding carboxylic acids is 2. The van der Waals surface area contributed by atoms with Crippen molar-refractivity contribution in [1.29, 1.82) is 0 Å². The second kappa shape index (κ2) is 10.7. The number of nitro benzene ring substituents is 1. The highest BCUT2D eigenvalue weighted by molar-refractivity contribution is 6.72. The Morgan fingerprint density at radius 3 is 2.47 bits per heavy atom. The van der Waals surface area contributed by atoms with Crippen LogP contribution in [0.2, 0.25) is 18.6 Å². The first-order chi connectivity index (χ1) is 20.5. The van der Waals surface area contributed by atoms with Crippen LogP contribution in [0.3, 0.4) is 0 Å². The number of non-ortho nitro benzene ring substituents is 1. The maximum Gasteiger partial charge on any atom is 0.269 e. The molecule has 0 aliphatic carbocycles. The zero-order chi connectivity index (χ0) is 30.7. The number of anilines is 3. The number of amides is 2. The molecule has 43 heavy (non-hydrogen) atoms. The van der Waals surface area contributed by atoms with Crippen LogP contribution >= 0.6 is 0 Å². The number of ether oxygens (including phenoxy) is 1. The second-order valence-electron chi connectivity index (χ2n) is 12.2. The van der Waals surface area contributed by atoms with Gasteiger partial charge in [-0.15, -0.1) is 0 Å². The Morgan fingerprint density at radius 1 is 1.07 bits per heavy atom. The second-order valence-corrected chi connectivity index (χ2v) is 16.0. The number of aryl methyl sites for hydroxylation is 1. The van der Waals surface area contributed by atoms with Gasteiger partial charge in [-0.2, -0.15) is 0 Å². The number of hydrogen-bond acceptors (Lipinski definition) is 6. The van der Waals surface area contributed by atoms with Gasteiger partial charge < -0.3 is 18.9 Å². The van der Waals surface area contributed by atoms with Gasteiger partial charge in [0.25, 0.3) is 11.6 Å². The molecule has 3 heterocycles. The van der Waals surface area contributed by atoms with Gasteiger partial charge in [0.15, 0.2) is 5.60 Å². The van der Waals surface area contributed by atoms with Crippen molar-refractivity contribution in [1.82, 2.24) is 0 Å². The lowest BCUT2D eigenvalue weighted by Gasteiger charge is -2.31. The van der Waals surface area contributed by atoms with Crippen molar-refractivity contribution in [2.45, 2.75) is 63.1 Å². The van der Waals surface area contributed by atoms with Crippen LogP contribution in [0.15, 0.2) is 66.7 Å². The Morgan fingerprint density at radius 2 is 1.79 bits per heavy atom. The molecule has 3 aromatic rings. The van der Waals surface area contributed by atoms with Crippen LogP contribution < -0.4 is 9.80 Å². The SMILES string of the molecule is C[C@@H]1[C@@H]([Si](C)(C)F)[C@H](CCO)O[C@@]12C(=O)N(Cc1ccc(N3C(=O)CCc4ccccc43)cc1)c1ccc([N+](=O)[O-])cc12. The lowest BCUT2D eigenvalue weighted by atomic mass is 9.82. The zero-order valence-corrected chi connectivity index (χ0v) is 25.3. The van der Waals surface area contributed by atoms with Crippen molar-refractivity contribution < 1.29 is 28.5 Å². The van der Waals surface area contributed by atoms with E-state index < -0.39 is 42.4 Å². The largest absolute Gasteiger partial charge is 0.396 e. The van der Waals surface area contributed by atoms with E-state index in [1.165, 1.54) is 12.1 Å². The quantitative estimate of drug-likeness (QED) is 0.156. The Balaban J connectivity index is 1.37. The van der Waals surface area contributed by atoms with Gasteiger partial charge in [0, 0.05) is 47.9 Å². The van der Waals surface area contributed by atoms with Crippen LogP contribution in [-0.4, -0.2) is 43.0 Å². The first-order valence-electron chi connectivity index (χ1n) is 14.6. The van der Waals surface area contributed by atoms with E-state index in [2.05, 4.69) is 0 Å². The average Bonchev–Trinajstić information content (AvgIpc) is 3.40. The number of halogens is 1. The number of para-hydroxylation sites is 1. The molecular formula is C32H34FN3O6Si. The molecule has 224 valence electrons. The maximum atomic E-state index is 15.7. The maximum absolute atomic E-state index is 15.7. The van der Waals surface area contributed by atoms with E-state index in [1.54, 1.807) is 35.9 Å². The zero-order valence-electron chi connectivity index (χ0n) is 24.3. The number of fused-ring (bicyclic) bond motifs is 3. The Labute approximate surface area is 250 Å². The molecule has 0 aromatic heterocycles. The Bertz CT molecular complexity index is 1610. The van der Waals surface area contributed by atoms with E-state index >= 15 is 4.11 Å². The van der Waals surface area contributed by atoms with Crippen LogP contribution in [0.1, 0.15) is 36.5 Å². The molecule has 0 bridgehead atoms. The lowest BCUT2D eigenvalue weighted by Crippen LogP contribution is -2.45. The normalized spacial score (nSPS) is 24.9. The summed E-state index contributed by atoms with van der Waals surface area (Å²) in [6.45, 7) is 4.84. The smallest absolute Gasteiger partial charge is 0.269 e. The van der Waals surface area contributed by atoms with Crippen molar-refractivity contribution in [2.75, 3.05) is 16.4 Å². The number of nitro groups is 1. The van der Waals surface area contributed by atoms with Crippen LogP contribution in [0.5, 0.6) is 0 Å². The molecule has 1 N–H and O–H groups in total. The number of aliphatic hydroxyl groups is 1. The predicted molar refractivity (Wildman–Crippen MR) is 162 cm³/mol. The third-order valence-corrected chi connectivity index (χ3v) is 11.7. The fourth-order valence-corrected chi connectivity index (χ4v) is 9.89. The van der Waals surface area contributed by atoms with Gasteiger partial charge in [-0.3, -0.25) is 24.6 Å². The van der Waals surface area contributed by atoms with Gasteiger partial charge in [-0.1, -0.05) is 37.3 Å². The number of hydrogen-bond donors (Lipinski definition) is 1. The van der Waals surface area contributed by atoms with Gasteiger partial charge in [0.05, 0.1) is 28.9 Å². The highest BCUT2D eigenvalue weighted by Gasteiger charge is 2.66. The van der Waals surface area contributed by atoms with E-state index in [4.69, 9.17) is 4.74 Å². The van der Waals surface area contributed by atoms with Crippen LogP contribution in [0.25, 0.3) is 0 Å². The van der Waals surface area contributed by atoms with Crippen molar-refractivity contribution in [3.05, 3.63) is 93.5 Å². The summed E-state index contributed by atoms with van der Waals surface area (Å²) in [6.07, 6.45) is 0.574. The molecule has 11 heteroatoms. The number of nitrogens with zero attached hydrogens (tertiary/aromatic N) is 3. The third kappa shape index (κ3) is 4.66. The average molecular weight is 604 g/mol. The van der Waals surface area contributed by atoms with E-state index in [0.29, 0.717) is 24.1 Å². The topological polar surface area (TPSA) is 113 Å². The molecule has 0 saturated carbocycles. The van der Waals surface area contributed by atoms with Crippen LogP contribution in [-0.2, 0) is 32.9 Å². The van der Waals surface area contributed by atoms with Gasteiger partial charge in [-0.05, 0) is 61.3 Å². The molecule has 0 radical (unpaired) electrons. The number of aliphatic hydroxyl groups excluding tert-OH is 1. The predicted octanol–water partition coefficient (Wildman–Crippen LogP) is 5.91. The van der Waals surface area contributed by atoms with Crippen molar-refractivity contribution >= 4 is 43.0 Å². The minimum Gasteiger partial charge on any atom is -0.396 e. The summed E-state index contributed by atoms with van der Waals surface area (Å²) in [5.41, 5.74) is 1.92. The van der Waals surface area contributed by atoms with E-state index in [9.17, 15) is 24.8 Å². The molecule has 2 amide bonds. The number of benzene rings is 3.